The highest BCUT2D eigenvalue weighted by Gasteiger charge is 2.34. The summed E-state index contributed by atoms with van der Waals surface area (Å²) in [5, 5.41) is 4.20. The van der Waals surface area contributed by atoms with Crippen LogP contribution in [0.1, 0.15) is 5.82 Å². The smallest absolute Gasteiger partial charge is 0.211 e. The topological polar surface area (TPSA) is 76.8 Å². The molecule has 1 saturated heterocycles. The van der Waals surface area contributed by atoms with Crippen LogP contribution in [0.5, 0.6) is 5.75 Å². The summed E-state index contributed by atoms with van der Waals surface area (Å²) in [4.78, 5) is 4.22. The Labute approximate surface area is 110 Å². The van der Waals surface area contributed by atoms with E-state index in [4.69, 9.17) is 4.74 Å². The van der Waals surface area contributed by atoms with Gasteiger partial charge in [0, 0.05) is 0 Å². The Hall–Kier alpha value is -1.67. The fourth-order valence-electron chi connectivity index (χ4n) is 1.98. The molecule has 0 bridgehead atoms. The van der Waals surface area contributed by atoms with Gasteiger partial charge in [-0.15, -0.1) is 0 Å². The minimum atomic E-state index is -3.10. The predicted octanol–water partition coefficient (Wildman–Crippen LogP) is 0.0603. The zero-order valence-corrected chi connectivity index (χ0v) is 11.5. The van der Waals surface area contributed by atoms with Crippen LogP contribution in [0.25, 0.3) is 5.65 Å². The van der Waals surface area contributed by atoms with Gasteiger partial charge in [-0.05, 0) is 19.1 Å². The van der Waals surface area contributed by atoms with Gasteiger partial charge in [-0.1, -0.05) is 0 Å². The second-order valence-electron chi connectivity index (χ2n) is 4.65. The van der Waals surface area contributed by atoms with Crippen molar-refractivity contribution in [1.29, 1.82) is 0 Å². The van der Waals surface area contributed by atoms with Crippen molar-refractivity contribution in [2.45, 2.75) is 13.0 Å². The molecule has 0 N–H and O–H groups in total. The molecule has 8 heteroatoms. The second-order valence-corrected chi connectivity index (χ2v) is 6.63. The molecule has 0 aliphatic carbocycles. The minimum Gasteiger partial charge on any atom is -0.486 e. The highest BCUT2D eigenvalue weighted by atomic mass is 32.2. The molecule has 19 heavy (non-hydrogen) atoms. The molecule has 102 valence electrons. The fourth-order valence-corrected chi connectivity index (χ4v) is 2.86. The molecule has 0 aromatic carbocycles. The van der Waals surface area contributed by atoms with Crippen molar-refractivity contribution in [3.63, 3.8) is 0 Å². The van der Waals surface area contributed by atoms with Crippen LogP contribution in [0.15, 0.2) is 18.3 Å². The number of rotatable bonds is 3. The Morgan fingerprint density at radius 1 is 1.37 bits per heavy atom. The summed E-state index contributed by atoms with van der Waals surface area (Å²) in [6.45, 7) is 2.62. The van der Waals surface area contributed by atoms with E-state index in [1.807, 2.05) is 19.1 Å². The lowest BCUT2D eigenvalue weighted by atomic mass is 10.2. The van der Waals surface area contributed by atoms with E-state index in [-0.39, 0.29) is 6.10 Å². The Balaban J connectivity index is 1.70. The molecule has 2 aromatic heterocycles. The van der Waals surface area contributed by atoms with Gasteiger partial charge in [0.05, 0.1) is 25.5 Å². The zero-order valence-electron chi connectivity index (χ0n) is 10.6. The van der Waals surface area contributed by atoms with E-state index in [2.05, 4.69) is 10.1 Å². The lowest BCUT2D eigenvalue weighted by Gasteiger charge is -2.36. The van der Waals surface area contributed by atoms with E-state index >= 15 is 0 Å². The molecule has 0 spiro atoms. The number of pyridine rings is 1. The lowest BCUT2D eigenvalue weighted by molar-refractivity contribution is 0.0762. The maximum absolute atomic E-state index is 11.2. The molecule has 1 fully saturated rings. The standard InChI is InChI=1S/C11H14N4O3S/c1-8-12-11-4-3-9(7-15(11)13-8)18-10-5-14(6-10)19(2,16)17/h3-4,7,10H,5-6H2,1-2H3. The lowest BCUT2D eigenvalue weighted by Crippen LogP contribution is -2.55. The van der Waals surface area contributed by atoms with Crippen molar-refractivity contribution < 1.29 is 13.2 Å². The van der Waals surface area contributed by atoms with Crippen molar-refractivity contribution in [3.05, 3.63) is 24.2 Å². The summed E-state index contributed by atoms with van der Waals surface area (Å²) in [5.74, 6) is 1.36. The minimum absolute atomic E-state index is 0.100. The largest absolute Gasteiger partial charge is 0.486 e. The van der Waals surface area contributed by atoms with E-state index < -0.39 is 10.0 Å². The van der Waals surface area contributed by atoms with Crippen LogP contribution in [-0.2, 0) is 10.0 Å². The average Bonchev–Trinajstić information content (AvgIpc) is 2.60. The molecule has 7 nitrogen and oxygen atoms in total. The third-order valence-electron chi connectivity index (χ3n) is 3.00. The first kappa shape index (κ1) is 12.4. The molecular weight excluding hydrogens is 268 g/mol. The van der Waals surface area contributed by atoms with Gasteiger partial charge in [0.25, 0.3) is 0 Å². The van der Waals surface area contributed by atoms with Crippen LogP contribution < -0.4 is 4.74 Å². The van der Waals surface area contributed by atoms with Crippen LogP contribution in [0, 0.1) is 6.92 Å². The van der Waals surface area contributed by atoms with Gasteiger partial charge in [-0.2, -0.15) is 9.40 Å². The van der Waals surface area contributed by atoms with Crippen LogP contribution in [0.4, 0.5) is 0 Å². The number of hydrogen-bond donors (Lipinski definition) is 0. The maximum atomic E-state index is 11.2. The van der Waals surface area contributed by atoms with Crippen molar-refractivity contribution in [3.8, 4) is 5.75 Å². The van der Waals surface area contributed by atoms with Crippen LogP contribution in [0.3, 0.4) is 0 Å². The molecule has 3 rings (SSSR count). The number of aromatic nitrogens is 3. The molecule has 3 heterocycles. The molecule has 0 atom stereocenters. The van der Waals surface area contributed by atoms with Gasteiger partial charge in [0.1, 0.15) is 17.7 Å². The Kier molecular flexibility index (Phi) is 2.72. The number of nitrogens with zero attached hydrogens (tertiary/aromatic N) is 4. The van der Waals surface area contributed by atoms with Gasteiger partial charge in [0.15, 0.2) is 5.65 Å². The third kappa shape index (κ3) is 2.41. The van der Waals surface area contributed by atoms with Gasteiger partial charge in [-0.25, -0.2) is 17.9 Å². The van der Waals surface area contributed by atoms with E-state index in [0.29, 0.717) is 24.7 Å². The maximum Gasteiger partial charge on any atom is 0.211 e. The summed E-state index contributed by atoms with van der Waals surface area (Å²) in [7, 11) is -3.10. The van der Waals surface area contributed by atoms with E-state index in [1.54, 1.807) is 10.7 Å². The quantitative estimate of drug-likeness (QED) is 0.795. The summed E-state index contributed by atoms with van der Waals surface area (Å²) in [6.07, 6.45) is 2.85. The summed E-state index contributed by atoms with van der Waals surface area (Å²) in [5.41, 5.74) is 0.760. The van der Waals surface area contributed by atoms with E-state index in [1.165, 1.54) is 10.6 Å². The first-order valence-electron chi connectivity index (χ1n) is 5.86. The predicted molar refractivity (Wildman–Crippen MR) is 68.6 cm³/mol. The number of aryl methyl sites for hydroxylation is 1. The van der Waals surface area contributed by atoms with Crippen molar-refractivity contribution >= 4 is 15.7 Å². The van der Waals surface area contributed by atoms with Crippen LogP contribution >= 0.6 is 0 Å². The Morgan fingerprint density at radius 2 is 2.11 bits per heavy atom. The SMILES string of the molecule is Cc1nc2ccc(OC3CN(S(C)(=O)=O)C3)cn2n1. The summed E-state index contributed by atoms with van der Waals surface area (Å²) < 4.78 is 31.2. The monoisotopic (exact) mass is 282 g/mol. The molecule has 1 aliphatic heterocycles. The highest BCUT2D eigenvalue weighted by molar-refractivity contribution is 7.88. The second kappa shape index (κ2) is 4.17. The first-order chi connectivity index (χ1) is 8.91. The number of hydrogen-bond acceptors (Lipinski definition) is 5. The number of ether oxygens (including phenoxy) is 1. The molecule has 0 radical (unpaired) electrons. The average molecular weight is 282 g/mol. The van der Waals surface area contributed by atoms with Crippen molar-refractivity contribution in [1.82, 2.24) is 18.9 Å². The van der Waals surface area contributed by atoms with Crippen molar-refractivity contribution in [2.75, 3.05) is 19.3 Å². The molecule has 1 aliphatic rings. The van der Waals surface area contributed by atoms with Crippen LogP contribution in [0.2, 0.25) is 0 Å². The van der Waals surface area contributed by atoms with Crippen LogP contribution in [-0.4, -0.2) is 52.8 Å². The molecule has 0 unspecified atom stereocenters. The molecule has 0 amide bonds. The zero-order chi connectivity index (χ0) is 13.6. The highest BCUT2D eigenvalue weighted by Crippen LogP contribution is 2.20. The Bertz CT molecular complexity index is 719. The normalized spacial score (nSPS) is 17.6. The van der Waals surface area contributed by atoms with Crippen molar-refractivity contribution in [2.24, 2.45) is 0 Å². The fraction of sp³-hybridized carbons (Fsp3) is 0.455. The first-order valence-corrected chi connectivity index (χ1v) is 7.71. The number of fused-ring (bicyclic) bond motifs is 1. The van der Waals surface area contributed by atoms with E-state index in [0.717, 1.165) is 5.65 Å². The molecule has 2 aromatic rings. The van der Waals surface area contributed by atoms with Gasteiger partial charge >= 0.3 is 0 Å². The third-order valence-corrected chi connectivity index (χ3v) is 4.23. The van der Waals surface area contributed by atoms with E-state index in [9.17, 15) is 8.42 Å². The molecular formula is C11H14N4O3S. The number of sulfonamides is 1. The summed E-state index contributed by atoms with van der Waals surface area (Å²) in [6, 6.07) is 3.63. The molecule has 0 saturated carbocycles. The van der Waals surface area contributed by atoms with Gasteiger partial charge < -0.3 is 4.74 Å². The van der Waals surface area contributed by atoms with Gasteiger partial charge in [-0.3, -0.25) is 0 Å². The van der Waals surface area contributed by atoms with Gasteiger partial charge in [0.2, 0.25) is 10.0 Å². The Morgan fingerprint density at radius 3 is 2.79 bits per heavy atom. The summed E-state index contributed by atoms with van der Waals surface area (Å²) >= 11 is 0.